The van der Waals surface area contributed by atoms with Crippen LogP contribution in [0.25, 0.3) is 6.08 Å². The van der Waals surface area contributed by atoms with Gasteiger partial charge < -0.3 is 29.5 Å². The van der Waals surface area contributed by atoms with Crippen LogP contribution in [0.3, 0.4) is 0 Å². The van der Waals surface area contributed by atoms with Crippen molar-refractivity contribution in [3.63, 3.8) is 0 Å². The number of thioether (sulfide) groups is 1. The number of carbonyl (C=O) groups is 3. The van der Waals surface area contributed by atoms with Crippen LogP contribution < -0.4 is 19.7 Å². The predicted molar refractivity (Wildman–Crippen MR) is 132 cm³/mol. The maximum absolute atomic E-state index is 12.9. The summed E-state index contributed by atoms with van der Waals surface area (Å²) in [5, 5.41) is 12.3. The Morgan fingerprint density at radius 1 is 1.14 bits per heavy atom. The van der Waals surface area contributed by atoms with Gasteiger partial charge in [0.05, 0.1) is 43.7 Å². The number of morpholine rings is 1. The lowest BCUT2D eigenvalue weighted by Gasteiger charge is -2.30. The van der Waals surface area contributed by atoms with E-state index in [9.17, 15) is 19.5 Å². The Labute approximate surface area is 206 Å². The summed E-state index contributed by atoms with van der Waals surface area (Å²) in [6.07, 6.45) is 1.49. The number of phenolic OH excluding ortho intramolecular Hbond substituents is 1. The summed E-state index contributed by atoms with van der Waals surface area (Å²) in [7, 11) is 2.78. The molecule has 2 fully saturated rings. The van der Waals surface area contributed by atoms with Crippen LogP contribution in [0.15, 0.2) is 41.3 Å². The number of imide groups is 1. The van der Waals surface area contributed by atoms with Gasteiger partial charge in [0.25, 0.3) is 11.1 Å². The van der Waals surface area contributed by atoms with Crippen molar-refractivity contribution in [1.82, 2.24) is 4.90 Å². The molecule has 10 nitrogen and oxygen atoms in total. The number of nitrogens with one attached hydrogen (secondary N) is 1. The zero-order valence-corrected chi connectivity index (χ0v) is 20.1. The fraction of sp³-hybridized carbons (Fsp3) is 0.292. The third-order valence-electron chi connectivity index (χ3n) is 5.51. The van der Waals surface area contributed by atoms with E-state index in [1.807, 2.05) is 18.2 Å². The van der Waals surface area contributed by atoms with Gasteiger partial charge in [0.1, 0.15) is 6.54 Å². The molecule has 35 heavy (non-hydrogen) atoms. The van der Waals surface area contributed by atoms with Crippen LogP contribution in [0.5, 0.6) is 17.2 Å². The van der Waals surface area contributed by atoms with E-state index >= 15 is 0 Å². The maximum atomic E-state index is 12.9. The van der Waals surface area contributed by atoms with Crippen LogP contribution in [0.1, 0.15) is 5.56 Å². The Bertz CT molecular complexity index is 1150. The van der Waals surface area contributed by atoms with E-state index in [4.69, 9.17) is 14.2 Å². The van der Waals surface area contributed by atoms with Crippen LogP contribution in [0.2, 0.25) is 0 Å². The van der Waals surface area contributed by atoms with Crippen LogP contribution in [-0.4, -0.2) is 74.1 Å². The molecule has 0 aliphatic carbocycles. The number of ether oxygens (including phenoxy) is 3. The van der Waals surface area contributed by atoms with Gasteiger partial charge >= 0.3 is 0 Å². The number of amides is 3. The summed E-state index contributed by atoms with van der Waals surface area (Å²) in [6, 6.07) is 10.4. The second-order valence-electron chi connectivity index (χ2n) is 7.71. The van der Waals surface area contributed by atoms with E-state index < -0.39 is 23.6 Å². The molecule has 2 saturated heterocycles. The number of aromatic hydroxyl groups is 1. The van der Waals surface area contributed by atoms with Crippen LogP contribution in [0.4, 0.5) is 16.2 Å². The minimum atomic E-state index is -0.581. The second-order valence-corrected chi connectivity index (χ2v) is 8.70. The van der Waals surface area contributed by atoms with Gasteiger partial charge in [0.15, 0.2) is 11.5 Å². The lowest BCUT2D eigenvalue weighted by Crippen LogP contribution is -2.38. The largest absolute Gasteiger partial charge is 0.502 e. The van der Waals surface area contributed by atoms with E-state index in [1.165, 1.54) is 32.4 Å². The molecule has 0 aromatic heterocycles. The van der Waals surface area contributed by atoms with Crippen molar-refractivity contribution < 1.29 is 33.7 Å². The van der Waals surface area contributed by atoms with Crippen LogP contribution >= 0.6 is 11.8 Å². The summed E-state index contributed by atoms with van der Waals surface area (Å²) in [4.78, 5) is 41.4. The molecule has 0 unspecified atom stereocenters. The van der Waals surface area contributed by atoms with E-state index in [1.54, 1.807) is 6.07 Å². The fourth-order valence-corrected chi connectivity index (χ4v) is 4.62. The Morgan fingerprint density at radius 2 is 1.80 bits per heavy atom. The standard InChI is InChI=1S/C24H25N3O7S/c1-32-18-11-15(12-19(33-2)22(18)29)13-20-23(30)27(24(31)35-20)14-21(28)25-16-5-3-4-6-17(16)26-7-9-34-10-8-26/h3-6,11-13,29H,7-10,14H2,1-2H3,(H,25,28)/b20-13+. The van der Waals surface area contributed by atoms with Gasteiger partial charge in [-0.25, -0.2) is 0 Å². The average Bonchev–Trinajstić information content (AvgIpc) is 3.12. The van der Waals surface area contributed by atoms with E-state index in [0.717, 1.165) is 22.3 Å². The SMILES string of the molecule is COc1cc(/C=C2/SC(=O)N(CC(=O)Nc3ccccc3N3CCOCC3)C2=O)cc(OC)c1O. The molecule has 3 amide bonds. The van der Waals surface area contributed by atoms with E-state index in [-0.39, 0.29) is 22.2 Å². The monoisotopic (exact) mass is 499 g/mol. The topological polar surface area (TPSA) is 118 Å². The zero-order chi connectivity index (χ0) is 24.9. The van der Waals surface area contributed by atoms with Gasteiger partial charge in [-0.2, -0.15) is 0 Å². The van der Waals surface area contributed by atoms with Crippen molar-refractivity contribution in [3.8, 4) is 17.2 Å². The molecule has 2 aliphatic rings. The molecular formula is C24H25N3O7S. The first kappa shape index (κ1) is 24.4. The Morgan fingerprint density at radius 3 is 2.46 bits per heavy atom. The molecular weight excluding hydrogens is 474 g/mol. The van der Waals surface area contributed by atoms with Gasteiger partial charge in [-0.3, -0.25) is 19.3 Å². The highest BCUT2D eigenvalue weighted by atomic mass is 32.2. The molecule has 2 aromatic carbocycles. The fourth-order valence-electron chi connectivity index (χ4n) is 3.78. The second kappa shape index (κ2) is 10.7. The number of rotatable bonds is 7. The molecule has 0 atom stereocenters. The minimum Gasteiger partial charge on any atom is -0.502 e. The smallest absolute Gasteiger partial charge is 0.294 e. The van der Waals surface area contributed by atoms with Gasteiger partial charge in [-0.1, -0.05) is 12.1 Å². The third-order valence-corrected chi connectivity index (χ3v) is 6.41. The molecule has 4 rings (SSSR count). The first-order valence-electron chi connectivity index (χ1n) is 10.8. The van der Waals surface area contributed by atoms with E-state index in [0.29, 0.717) is 37.6 Å². The molecule has 2 aliphatic heterocycles. The summed E-state index contributed by atoms with van der Waals surface area (Å²) in [5.41, 5.74) is 1.95. The average molecular weight is 500 g/mol. The van der Waals surface area contributed by atoms with Crippen molar-refractivity contribution in [2.75, 3.05) is 57.3 Å². The molecule has 2 heterocycles. The molecule has 0 bridgehead atoms. The van der Waals surface area contributed by atoms with Crippen LogP contribution in [0, 0.1) is 0 Å². The number of phenols is 1. The lowest BCUT2D eigenvalue weighted by atomic mass is 10.1. The zero-order valence-electron chi connectivity index (χ0n) is 19.3. The number of benzene rings is 2. The molecule has 0 spiro atoms. The summed E-state index contributed by atoms with van der Waals surface area (Å²) >= 11 is 0.734. The van der Waals surface area contributed by atoms with Crippen molar-refractivity contribution >= 4 is 46.3 Å². The Kier molecular flexibility index (Phi) is 7.47. The number of hydrogen-bond acceptors (Lipinski definition) is 9. The summed E-state index contributed by atoms with van der Waals surface area (Å²) < 4.78 is 15.7. The first-order valence-corrected chi connectivity index (χ1v) is 11.6. The first-order chi connectivity index (χ1) is 16.9. The summed E-state index contributed by atoms with van der Waals surface area (Å²) in [6.45, 7) is 2.19. The highest BCUT2D eigenvalue weighted by molar-refractivity contribution is 8.18. The lowest BCUT2D eigenvalue weighted by molar-refractivity contribution is -0.127. The molecule has 2 N–H and O–H groups in total. The molecule has 2 aromatic rings. The number of carbonyl (C=O) groups excluding carboxylic acids is 3. The molecule has 0 saturated carbocycles. The molecule has 11 heteroatoms. The number of hydrogen-bond donors (Lipinski definition) is 2. The number of anilines is 2. The highest BCUT2D eigenvalue weighted by Crippen LogP contribution is 2.39. The predicted octanol–water partition coefficient (Wildman–Crippen LogP) is 2.92. The van der Waals surface area contributed by atoms with Gasteiger partial charge in [0.2, 0.25) is 11.7 Å². The van der Waals surface area contributed by atoms with Crippen LogP contribution in [-0.2, 0) is 14.3 Å². The Balaban J connectivity index is 1.48. The quantitative estimate of drug-likeness (QED) is 0.555. The Hall–Kier alpha value is -3.70. The number of para-hydroxylation sites is 2. The van der Waals surface area contributed by atoms with Crippen molar-refractivity contribution in [2.45, 2.75) is 0 Å². The van der Waals surface area contributed by atoms with Gasteiger partial charge in [0, 0.05) is 13.1 Å². The van der Waals surface area contributed by atoms with Crippen molar-refractivity contribution in [1.29, 1.82) is 0 Å². The van der Waals surface area contributed by atoms with E-state index in [2.05, 4.69) is 10.2 Å². The summed E-state index contributed by atoms with van der Waals surface area (Å²) in [5.74, 6) is -0.916. The van der Waals surface area contributed by atoms with Gasteiger partial charge in [-0.05, 0) is 47.7 Å². The normalized spacial score (nSPS) is 17.1. The maximum Gasteiger partial charge on any atom is 0.294 e. The minimum absolute atomic E-state index is 0.145. The molecule has 0 radical (unpaired) electrons. The number of nitrogens with zero attached hydrogens (tertiary/aromatic N) is 2. The number of methoxy groups -OCH3 is 2. The molecule has 184 valence electrons. The third kappa shape index (κ3) is 5.36. The highest BCUT2D eigenvalue weighted by Gasteiger charge is 2.36. The van der Waals surface area contributed by atoms with Gasteiger partial charge in [-0.15, -0.1) is 0 Å². The van der Waals surface area contributed by atoms with Crippen molar-refractivity contribution in [2.24, 2.45) is 0 Å². The van der Waals surface area contributed by atoms with Crippen molar-refractivity contribution in [3.05, 3.63) is 46.9 Å².